The Kier molecular flexibility index (Phi) is 9.40. The molecule has 0 heterocycles. The first kappa shape index (κ1) is 24.4. The van der Waals surface area contributed by atoms with Crippen molar-refractivity contribution in [3.63, 3.8) is 0 Å². The summed E-state index contributed by atoms with van der Waals surface area (Å²) in [5, 5.41) is 0. The van der Waals surface area contributed by atoms with Crippen LogP contribution in [0.3, 0.4) is 0 Å². The lowest BCUT2D eigenvalue weighted by Crippen LogP contribution is -2.24. The molecule has 2 fully saturated rings. The number of allylic oxidation sites excluding steroid dienone is 2. The van der Waals surface area contributed by atoms with Gasteiger partial charge in [0.2, 0.25) is 0 Å². The van der Waals surface area contributed by atoms with E-state index in [2.05, 4.69) is 46.8 Å². The summed E-state index contributed by atoms with van der Waals surface area (Å²) in [4.78, 5) is 0. The van der Waals surface area contributed by atoms with E-state index in [0.717, 1.165) is 41.4 Å². The zero-order valence-corrected chi connectivity index (χ0v) is 21.3. The minimum Gasteiger partial charge on any atom is -0.0883 e. The first-order chi connectivity index (χ1) is 14.4. The SMILES string of the molecule is CCCC1(C)CCC(CC)C(CCC(CC2CC2)CC2CCCC=CC2C)C(C)C1. The second-order valence-corrected chi connectivity index (χ2v) is 12.4. The van der Waals surface area contributed by atoms with E-state index < -0.39 is 0 Å². The Morgan fingerprint density at radius 3 is 2.50 bits per heavy atom. The van der Waals surface area contributed by atoms with Crippen LogP contribution in [-0.4, -0.2) is 0 Å². The number of rotatable bonds is 10. The Hall–Kier alpha value is -0.260. The van der Waals surface area contributed by atoms with Crippen LogP contribution in [-0.2, 0) is 0 Å². The van der Waals surface area contributed by atoms with Gasteiger partial charge in [-0.3, -0.25) is 0 Å². The van der Waals surface area contributed by atoms with E-state index in [1.807, 2.05) is 0 Å². The Balaban J connectivity index is 1.61. The fourth-order valence-electron chi connectivity index (χ4n) is 7.68. The maximum Gasteiger partial charge on any atom is -0.0233 e. The Morgan fingerprint density at radius 1 is 1.00 bits per heavy atom. The van der Waals surface area contributed by atoms with Crippen molar-refractivity contribution in [2.45, 2.75) is 131 Å². The van der Waals surface area contributed by atoms with Gasteiger partial charge in [0, 0.05) is 0 Å². The van der Waals surface area contributed by atoms with Crippen molar-refractivity contribution in [2.75, 3.05) is 0 Å². The molecule has 3 aliphatic carbocycles. The molecule has 3 rings (SSSR count). The van der Waals surface area contributed by atoms with Crippen LogP contribution in [0.1, 0.15) is 131 Å². The monoisotopic (exact) mass is 414 g/mol. The van der Waals surface area contributed by atoms with Gasteiger partial charge in [-0.25, -0.2) is 0 Å². The smallest absolute Gasteiger partial charge is 0.0233 e. The average Bonchev–Trinajstić information content (AvgIpc) is 3.54. The molecule has 0 spiro atoms. The van der Waals surface area contributed by atoms with Crippen molar-refractivity contribution in [1.82, 2.24) is 0 Å². The minimum absolute atomic E-state index is 0.617. The average molecular weight is 415 g/mol. The molecule has 2 saturated carbocycles. The highest BCUT2D eigenvalue weighted by atomic mass is 14.4. The Labute approximate surface area is 190 Å². The van der Waals surface area contributed by atoms with Crippen LogP contribution < -0.4 is 0 Å². The molecule has 0 radical (unpaired) electrons. The minimum atomic E-state index is 0.617. The fraction of sp³-hybridized carbons (Fsp3) is 0.933. The van der Waals surface area contributed by atoms with Crippen molar-refractivity contribution in [1.29, 1.82) is 0 Å². The van der Waals surface area contributed by atoms with Crippen LogP contribution in [0.4, 0.5) is 0 Å². The molecule has 0 bridgehead atoms. The molecule has 0 heteroatoms. The summed E-state index contributed by atoms with van der Waals surface area (Å²) in [6.45, 7) is 12.6. The van der Waals surface area contributed by atoms with Gasteiger partial charge in [-0.1, -0.05) is 78.9 Å². The largest absolute Gasteiger partial charge is 0.0883 e. The number of hydrogen-bond donors (Lipinski definition) is 0. The zero-order valence-electron chi connectivity index (χ0n) is 21.3. The van der Waals surface area contributed by atoms with Gasteiger partial charge in [-0.2, -0.15) is 0 Å². The Morgan fingerprint density at radius 2 is 1.80 bits per heavy atom. The summed E-state index contributed by atoms with van der Waals surface area (Å²) < 4.78 is 0. The summed E-state index contributed by atoms with van der Waals surface area (Å²) in [6.07, 6.45) is 27.1. The second kappa shape index (κ2) is 11.6. The van der Waals surface area contributed by atoms with Crippen LogP contribution in [0.25, 0.3) is 0 Å². The highest BCUT2D eigenvalue weighted by Crippen LogP contribution is 2.48. The fourth-order valence-corrected chi connectivity index (χ4v) is 7.68. The lowest BCUT2D eigenvalue weighted by Gasteiger charge is -2.34. The molecule has 174 valence electrons. The van der Waals surface area contributed by atoms with E-state index in [1.165, 1.54) is 89.9 Å². The van der Waals surface area contributed by atoms with Crippen molar-refractivity contribution in [2.24, 2.45) is 46.8 Å². The quantitative estimate of drug-likeness (QED) is 0.246. The highest BCUT2D eigenvalue weighted by Gasteiger charge is 2.37. The predicted molar refractivity (Wildman–Crippen MR) is 134 cm³/mol. The molecular formula is C30H54. The van der Waals surface area contributed by atoms with Crippen LogP contribution >= 0.6 is 0 Å². The highest BCUT2D eigenvalue weighted by molar-refractivity contribution is 4.94. The third-order valence-corrected chi connectivity index (χ3v) is 9.68. The molecule has 7 atom stereocenters. The van der Waals surface area contributed by atoms with E-state index in [4.69, 9.17) is 0 Å². The summed E-state index contributed by atoms with van der Waals surface area (Å²) in [6, 6.07) is 0. The van der Waals surface area contributed by atoms with E-state index >= 15 is 0 Å². The van der Waals surface area contributed by atoms with Gasteiger partial charge in [0.1, 0.15) is 0 Å². The first-order valence-corrected chi connectivity index (χ1v) is 14.1. The van der Waals surface area contributed by atoms with Crippen LogP contribution in [0.15, 0.2) is 12.2 Å². The third kappa shape index (κ3) is 7.13. The van der Waals surface area contributed by atoms with Crippen molar-refractivity contribution in [3.8, 4) is 0 Å². The molecule has 0 amide bonds. The zero-order chi connectivity index (χ0) is 21.6. The normalized spacial score (nSPS) is 38.8. The van der Waals surface area contributed by atoms with E-state index in [0.29, 0.717) is 5.41 Å². The van der Waals surface area contributed by atoms with Gasteiger partial charge in [-0.15, -0.1) is 0 Å². The third-order valence-electron chi connectivity index (χ3n) is 9.68. The topological polar surface area (TPSA) is 0 Å². The first-order valence-electron chi connectivity index (χ1n) is 14.1. The van der Waals surface area contributed by atoms with Crippen molar-refractivity contribution < 1.29 is 0 Å². The maximum absolute atomic E-state index is 2.63. The van der Waals surface area contributed by atoms with Gasteiger partial charge in [-0.05, 0) is 111 Å². The summed E-state index contributed by atoms with van der Waals surface area (Å²) in [7, 11) is 0. The second-order valence-electron chi connectivity index (χ2n) is 12.4. The molecule has 30 heavy (non-hydrogen) atoms. The van der Waals surface area contributed by atoms with Crippen molar-refractivity contribution in [3.05, 3.63) is 12.2 Å². The molecule has 0 nitrogen and oxygen atoms in total. The van der Waals surface area contributed by atoms with Gasteiger partial charge in [0.25, 0.3) is 0 Å². The standard InChI is InChI=1S/C30H54/c1-6-18-30(5)19-17-27(7-2)29(24(4)22-30)16-15-26(20-25-13-14-25)21-28-12-10-8-9-11-23(28)3/h9,11,23-29H,6-8,10,12-22H2,1-5H3. The van der Waals surface area contributed by atoms with E-state index in [1.54, 1.807) is 6.42 Å². The molecule has 0 aromatic rings. The molecular weight excluding hydrogens is 360 g/mol. The lowest BCUT2D eigenvalue weighted by molar-refractivity contribution is 0.171. The van der Waals surface area contributed by atoms with Crippen molar-refractivity contribution >= 4 is 0 Å². The van der Waals surface area contributed by atoms with Crippen LogP contribution in [0.5, 0.6) is 0 Å². The lowest BCUT2D eigenvalue weighted by atomic mass is 9.72. The molecule has 0 N–H and O–H groups in total. The molecule has 3 aliphatic rings. The molecule has 7 unspecified atom stereocenters. The van der Waals surface area contributed by atoms with Gasteiger partial charge < -0.3 is 0 Å². The van der Waals surface area contributed by atoms with Gasteiger partial charge in [0.15, 0.2) is 0 Å². The Bertz CT molecular complexity index is 514. The van der Waals surface area contributed by atoms with E-state index in [-0.39, 0.29) is 0 Å². The van der Waals surface area contributed by atoms with Gasteiger partial charge in [0.05, 0.1) is 0 Å². The molecule has 0 aromatic heterocycles. The van der Waals surface area contributed by atoms with E-state index in [9.17, 15) is 0 Å². The van der Waals surface area contributed by atoms with Gasteiger partial charge >= 0.3 is 0 Å². The van der Waals surface area contributed by atoms with Crippen LogP contribution in [0, 0.1) is 46.8 Å². The summed E-state index contributed by atoms with van der Waals surface area (Å²) >= 11 is 0. The summed E-state index contributed by atoms with van der Waals surface area (Å²) in [5.74, 6) is 6.76. The molecule has 0 saturated heterocycles. The van der Waals surface area contributed by atoms with Crippen LogP contribution in [0.2, 0.25) is 0 Å². The maximum atomic E-state index is 2.63. The molecule has 0 aromatic carbocycles. The summed E-state index contributed by atoms with van der Waals surface area (Å²) in [5.41, 5.74) is 0.617. The number of hydrogen-bond acceptors (Lipinski definition) is 0. The predicted octanol–water partition coefficient (Wildman–Crippen LogP) is 9.83. The molecule has 0 aliphatic heterocycles.